The van der Waals surface area contributed by atoms with Crippen molar-refractivity contribution in [3.05, 3.63) is 11.1 Å². The highest BCUT2D eigenvalue weighted by Gasteiger charge is 2.57. The number of β-lactam (4-membered cyclic amide) rings is 1. The van der Waals surface area contributed by atoms with E-state index >= 15 is 0 Å². The van der Waals surface area contributed by atoms with Crippen LogP contribution < -0.4 is 11.1 Å². The number of nitrogens with one attached hydrogen (secondary N) is 1. The van der Waals surface area contributed by atoms with Gasteiger partial charge in [0.05, 0.1) is 0 Å². The van der Waals surface area contributed by atoms with Crippen LogP contribution in [0.2, 0.25) is 0 Å². The first-order chi connectivity index (χ1) is 12.8. The molecule has 0 aromatic carbocycles. The predicted molar refractivity (Wildman–Crippen MR) is 98.9 cm³/mol. The minimum atomic E-state index is -1.42. The van der Waals surface area contributed by atoms with E-state index in [0.29, 0.717) is 0 Å². The first-order valence-corrected chi connectivity index (χ1v) is 9.52. The second-order valence-electron chi connectivity index (χ2n) is 5.84. The number of aliphatic carboxylic acids is 1. The van der Waals surface area contributed by atoms with Gasteiger partial charge in [0.15, 0.2) is 16.3 Å². The molecule has 2 unspecified atom stereocenters. The summed E-state index contributed by atoms with van der Waals surface area (Å²) in [6, 6.07) is -0.815. The van der Waals surface area contributed by atoms with E-state index < -0.39 is 34.6 Å². The van der Waals surface area contributed by atoms with Crippen LogP contribution in [-0.4, -0.2) is 69.3 Å². The molecule has 0 spiro atoms. The number of nitrogens with two attached hydrogens (primary N) is 1. The molecule has 12 heteroatoms. The largest absolute Gasteiger partial charge is 0.480 e. The number of hydrogen-bond acceptors (Lipinski definition) is 9. The first-order valence-electron chi connectivity index (χ1n) is 7.59. The van der Waals surface area contributed by atoms with Crippen LogP contribution >= 0.6 is 23.1 Å². The lowest BCUT2D eigenvalue weighted by molar-refractivity contribution is -0.155. The van der Waals surface area contributed by atoms with E-state index in [2.05, 4.69) is 26.2 Å². The van der Waals surface area contributed by atoms with E-state index in [9.17, 15) is 19.5 Å². The van der Waals surface area contributed by atoms with Gasteiger partial charge in [0, 0.05) is 17.7 Å². The van der Waals surface area contributed by atoms with Crippen LogP contribution in [0, 0.1) is 17.8 Å². The molecular weight excluding hydrogens is 394 g/mol. The maximum absolute atomic E-state index is 12.6. The number of nitrogens with zero attached hydrogens (tertiary/aromatic N) is 3. The number of oxime groups is 1. The molecule has 2 fully saturated rings. The Hall–Kier alpha value is -2.78. The van der Waals surface area contributed by atoms with Crippen molar-refractivity contribution in [1.82, 2.24) is 15.2 Å². The molecule has 2 aliphatic heterocycles. The summed E-state index contributed by atoms with van der Waals surface area (Å²) in [4.78, 5) is 46.5. The number of carbonyl (C=O) groups excluding carboxylic acids is 2. The Bertz CT molecular complexity index is 878. The van der Waals surface area contributed by atoms with Crippen molar-refractivity contribution in [1.29, 1.82) is 0 Å². The van der Waals surface area contributed by atoms with Crippen LogP contribution in [0.25, 0.3) is 0 Å². The quantitative estimate of drug-likeness (QED) is 0.247. The summed E-state index contributed by atoms with van der Waals surface area (Å²) in [6.07, 6.45) is 5.37. The normalized spacial score (nSPS) is 27.2. The van der Waals surface area contributed by atoms with Crippen molar-refractivity contribution in [2.45, 2.75) is 11.4 Å². The molecule has 0 radical (unpaired) electrons. The molecule has 4 N–H and O–H groups in total. The summed E-state index contributed by atoms with van der Waals surface area (Å²) in [5.41, 5.74) is 4.27. The lowest BCUT2D eigenvalue weighted by Crippen LogP contribution is -2.73. The van der Waals surface area contributed by atoms with Gasteiger partial charge in [-0.2, -0.15) is 0 Å². The average molecular weight is 409 g/mol. The van der Waals surface area contributed by atoms with Crippen molar-refractivity contribution < 1.29 is 24.3 Å². The van der Waals surface area contributed by atoms with Crippen LogP contribution in [0.15, 0.2) is 10.5 Å². The zero-order valence-electron chi connectivity index (χ0n) is 14.0. The zero-order chi connectivity index (χ0) is 19.8. The fourth-order valence-corrected chi connectivity index (χ4v) is 4.79. The summed E-state index contributed by atoms with van der Waals surface area (Å²) in [5, 5.41) is 17.0. The number of rotatable bonds is 5. The second kappa shape index (κ2) is 7.09. The SMILES string of the molecule is C#CC1(C(=O)O)CS[C@@H]2C(NC(=O)C(=NOC)c3csc(N)n3)C(=O)N2C1. The Balaban J connectivity index is 1.72. The molecule has 3 rings (SSSR count). The zero-order valence-corrected chi connectivity index (χ0v) is 15.7. The van der Waals surface area contributed by atoms with Crippen molar-refractivity contribution in [2.24, 2.45) is 10.6 Å². The highest BCUT2D eigenvalue weighted by Crippen LogP contribution is 2.41. The minimum absolute atomic E-state index is 0.0939. The van der Waals surface area contributed by atoms with Crippen molar-refractivity contribution in [3.63, 3.8) is 0 Å². The van der Waals surface area contributed by atoms with Gasteiger partial charge in [0.1, 0.15) is 24.2 Å². The van der Waals surface area contributed by atoms with E-state index in [1.165, 1.54) is 23.8 Å². The maximum Gasteiger partial charge on any atom is 0.324 e. The Labute approximate surface area is 162 Å². The number of carbonyl (C=O) groups is 3. The molecular formula is C15H15N5O5S2. The topological polar surface area (TPSA) is 147 Å². The third-order valence-electron chi connectivity index (χ3n) is 4.22. The van der Waals surface area contributed by atoms with E-state index in [1.54, 1.807) is 5.38 Å². The number of amides is 2. The van der Waals surface area contributed by atoms with Gasteiger partial charge in [-0.05, 0) is 0 Å². The summed E-state index contributed by atoms with van der Waals surface area (Å²) in [7, 11) is 1.28. The van der Waals surface area contributed by atoms with E-state index in [0.717, 1.165) is 11.3 Å². The fourth-order valence-electron chi connectivity index (χ4n) is 2.76. The van der Waals surface area contributed by atoms with Gasteiger partial charge in [0.25, 0.3) is 5.91 Å². The van der Waals surface area contributed by atoms with Crippen molar-refractivity contribution in [2.75, 3.05) is 25.1 Å². The van der Waals surface area contributed by atoms with Gasteiger partial charge in [-0.15, -0.1) is 29.5 Å². The molecule has 0 aliphatic carbocycles. The molecule has 0 saturated carbocycles. The molecule has 142 valence electrons. The number of fused-ring (bicyclic) bond motifs is 1. The lowest BCUT2D eigenvalue weighted by Gasteiger charge is -2.52. The molecule has 1 aromatic heterocycles. The van der Waals surface area contributed by atoms with Gasteiger partial charge < -0.3 is 25.9 Å². The first kappa shape index (κ1) is 19.0. The Morgan fingerprint density at radius 2 is 2.37 bits per heavy atom. The molecule has 3 atom stereocenters. The van der Waals surface area contributed by atoms with Crippen molar-refractivity contribution in [3.8, 4) is 12.3 Å². The molecule has 2 saturated heterocycles. The van der Waals surface area contributed by atoms with E-state index in [-0.39, 0.29) is 28.8 Å². The number of aromatic nitrogens is 1. The van der Waals surface area contributed by atoms with Crippen LogP contribution in [0.4, 0.5) is 5.13 Å². The van der Waals surface area contributed by atoms with Crippen LogP contribution in [0.3, 0.4) is 0 Å². The molecule has 2 amide bonds. The Morgan fingerprint density at radius 3 is 2.93 bits per heavy atom. The third-order valence-corrected chi connectivity index (χ3v) is 6.42. The number of nitrogen functional groups attached to an aromatic ring is 1. The smallest absolute Gasteiger partial charge is 0.324 e. The summed E-state index contributed by atoms with van der Waals surface area (Å²) in [6.45, 7) is -0.0939. The molecule has 0 bridgehead atoms. The minimum Gasteiger partial charge on any atom is -0.480 e. The Morgan fingerprint density at radius 1 is 1.63 bits per heavy atom. The molecule has 10 nitrogen and oxygen atoms in total. The van der Waals surface area contributed by atoms with Gasteiger partial charge in [0.2, 0.25) is 5.91 Å². The monoisotopic (exact) mass is 409 g/mol. The van der Waals surface area contributed by atoms with E-state index in [1.807, 2.05) is 0 Å². The van der Waals surface area contributed by atoms with Crippen LogP contribution in [-0.2, 0) is 19.2 Å². The highest BCUT2D eigenvalue weighted by atomic mass is 32.2. The molecule has 27 heavy (non-hydrogen) atoms. The third kappa shape index (κ3) is 3.19. The number of thiazole rings is 1. The number of anilines is 1. The van der Waals surface area contributed by atoms with Gasteiger partial charge in [-0.25, -0.2) is 4.98 Å². The standard InChI is InChI=1S/C15H15N5O5S2/c1-3-15(13(23)24)5-20-11(22)9(12(20)27-6-15)18-10(21)8(19-25-2)7-4-26-14(16)17-7/h1,4,9,12H,5-6H2,2H3,(H2,16,17)(H,18,21)(H,23,24)/t9?,12-,15?/m1/s1. The molecule has 1 aromatic rings. The number of carboxylic acid groups (broad SMARTS) is 1. The van der Waals surface area contributed by atoms with Crippen molar-refractivity contribution >= 4 is 51.7 Å². The van der Waals surface area contributed by atoms with Gasteiger partial charge >= 0.3 is 5.97 Å². The van der Waals surface area contributed by atoms with Crippen LogP contribution in [0.5, 0.6) is 0 Å². The second-order valence-corrected chi connectivity index (χ2v) is 7.84. The Kier molecular flexibility index (Phi) is 4.99. The van der Waals surface area contributed by atoms with Crippen LogP contribution in [0.1, 0.15) is 5.69 Å². The fraction of sp³-hybridized carbons (Fsp3) is 0.400. The molecule has 2 aliphatic rings. The van der Waals surface area contributed by atoms with Gasteiger partial charge in [-0.3, -0.25) is 14.4 Å². The average Bonchev–Trinajstić information content (AvgIpc) is 3.08. The van der Waals surface area contributed by atoms with E-state index in [4.69, 9.17) is 12.2 Å². The van der Waals surface area contributed by atoms with Gasteiger partial charge in [-0.1, -0.05) is 11.1 Å². The summed E-state index contributed by atoms with van der Waals surface area (Å²) >= 11 is 2.35. The lowest BCUT2D eigenvalue weighted by atomic mass is 9.88. The highest BCUT2D eigenvalue weighted by molar-refractivity contribution is 8.00. The number of carboxylic acids is 1. The molecule has 3 heterocycles. The predicted octanol–water partition coefficient (Wildman–Crippen LogP) is -0.820. The number of terminal acetylenes is 1. The maximum atomic E-state index is 12.6. The number of thioether (sulfide) groups is 1. The summed E-state index contributed by atoms with van der Waals surface area (Å²) < 4.78 is 0. The summed E-state index contributed by atoms with van der Waals surface area (Å²) in [5.74, 6) is 0.222. The number of hydrogen-bond donors (Lipinski definition) is 3.